The van der Waals surface area contributed by atoms with E-state index in [-0.39, 0.29) is 10.8 Å². The molecule has 2 aromatic heterocycles. The Labute approximate surface area is 197 Å². The van der Waals surface area contributed by atoms with Gasteiger partial charge in [0.2, 0.25) is 11.8 Å². The average Bonchev–Trinajstić information content (AvgIpc) is 3.29. The monoisotopic (exact) mass is 477 g/mol. The van der Waals surface area contributed by atoms with Crippen molar-refractivity contribution in [1.29, 1.82) is 0 Å². The first-order valence-corrected chi connectivity index (χ1v) is 11.9. The maximum Gasteiger partial charge on any atom is 0.262 e. The fraction of sp³-hybridized carbons (Fsp3) is 0.125. The SMILES string of the molecule is CC(=O)Nc1ccc(S(=O)(=O)Nc2ccc(Oc3cc(-n4cccc4)nc(C)n3)cc2)c(C)c1. The number of hydrogen-bond acceptors (Lipinski definition) is 6. The number of rotatable bonds is 7. The number of hydrogen-bond donors (Lipinski definition) is 2. The number of anilines is 2. The Morgan fingerprint density at radius 2 is 1.62 bits per heavy atom. The van der Waals surface area contributed by atoms with Crippen LogP contribution in [0.4, 0.5) is 11.4 Å². The summed E-state index contributed by atoms with van der Waals surface area (Å²) >= 11 is 0. The second-order valence-corrected chi connectivity index (χ2v) is 9.25. The summed E-state index contributed by atoms with van der Waals surface area (Å²) in [6, 6.07) is 16.6. The molecule has 10 heteroatoms. The number of carbonyl (C=O) groups is 1. The van der Waals surface area contributed by atoms with Gasteiger partial charge in [-0.05, 0) is 74.0 Å². The van der Waals surface area contributed by atoms with Gasteiger partial charge in [0.15, 0.2) is 0 Å². The Balaban J connectivity index is 1.49. The number of aryl methyl sites for hydroxylation is 2. The van der Waals surface area contributed by atoms with E-state index in [1.54, 1.807) is 56.3 Å². The normalized spacial score (nSPS) is 11.1. The molecule has 4 aromatic rings. The van der Waals surface area contributed by atoms with Gasteiger partial charge in [-0.2, -0.15) is 4.98 Å². The zero-order chi connectivity index (χ0) is 24.3. The molecule has 0 saturated heterocycles. The summed E-state index contributed by atoms with van der Waals surface area (Å²) in [6.45, 7) is 4.84. The van der Waals surface area contributed by atoms with Crippen LogP contribution in [0, 0.1) is 13.8 Å². The van der Waals surface area contributed by atoms with Crippen molar-refractivity contribution in [1.82, 2.24) is 14.5 Å². The molecule has 1 amide bonds. The lowest BCUT2D eigenvalue weighted by molar-refractivity contribution is -0.114. The van der Waals surface area contributed by atoms with Gasteiger partial charge >= 0.3 is 0 Å². The molecule has 0 unspecified atom stereocenters. The lowest BCUT2D eigenvalue weighted by Gasteiger charge is -2.13. The molecule has 0 saturated carbocycles. The number of amides is 1. The maximum absolute atomic E-state index is 12.9. The number of nitrogens with zero attached hydrogens (tertiary/aromatic N) is 3. The van der Waals surface area contributed by atoms with E-state index >= 15 is 0 Å². The highest BCUT2D eigenvalue weighted by Gasteiger charge is 2.17. The van der Waals surface area contributed by atoms with E-state index in [1.807, 2.05) is 29.1 Å². The van der Waals surface area contributed by atoms with E-state index in [0.29, 0.717) is 40.2 Å². The van der Waals surface area contributed by atoms with Crippen LogP contribution in [0.25, 0.3) is 5.82 Å². The van der Waals surface area contributed by atoms with Gasteiger partial charge in [-0.25, -0.2) is 13.4 Å². The molecule has 4 rings (SSSR count). The standard InChI is InChI=1S/C24H23N5O4S/c1-16-14-20(27-18(3)30)8-11-22(16)34(31,32)28-19-6-9-21(10-7-19)33-24-15-23(25-17(2)26-24)29-12-4-5-13-29/h4-15,28H,1-3H3,(H,27,30). The highest BCUT2D eigenvalue weighted by atomic mass is 32.2. The minimum atomic E-state index is -3.82. The average molecular weight is 478 g/mol. The molecule has 174 valence electrons. The fourth-order valence-corrected chi connectivity index (χ4v) is 4.64. The number of benzene rings is 2. The quantitative estimate of drug-likeness (QED) is 0.407. The molecule has 2 heterocycles. The molecule has 0 aliphatic heterocycles. The van der Waals surface area contributed by atoms with Crippen molar-refractivity contribution in [2.75, 3.05) is 10.0 Å². The van der Waals surface area contributed by atoms with Crippen molar-refractivity contribution in [2.45, 2.75) is 25.7 Å². The van der Waals surface area contributed by atoms with Crippen molar-refractivity contribution in [3.63, 3.8) is 0 Å². The third kappa shape index (κ3) is 5.41. The van der Waals surface area contributed by atoms with Gasteiger partial charge in [-0.1, -0.05) is 0 Å². The highest BCUT2D eigenvalue weighted by Crippen LogP contribution is 2.26. The Bertz CT molecular complexity index is 1430. The minimum absolute atomic E-state index is 0.121. The zero-order valence-corrected chi connectivity index (χ0v) is 19.6. The van der Waals surface area contributed by atoms with Gasteiger partial charge < -0.3 is 14.6 Å². The first-order valence-electron chi connectivity index (χ1n) is 10.4. The van der Waals surface area contributed by atoms with E-state index in [4.69, 9.17) is 4.74 Å². The molecule has 2 N–H and O–H groups in total. The molecule has 0 radical (unpaired) electrons. The third-order valence-corrected chi connectivity index (χ3v) is 6.33. The van der Waals surface area contributed by atoms with Crippen LogP contribution in [0.2, 0.25) is 0 Å². The van der Waals surface area contributed by atoms with E-state index in [2.05, 4.69) is 20.0 Å². The lowest BCUT2D eigenvalue weighted by atomic mass is 10.2. The van der Waals surface area contributed by atoms with E-state index in [1.165, 1.54) is 13.0 Å². The highest BCUT2D eigenvalue weighted by molar-refractivity contribution is 7.92. The molecule has 2 aromatic carbocycles. The van der Waals surface area contributed by atoms with Crippen LogP contribution >= 0.6 is 0 Å². The van der Waals surface area contributed by atoms with Gasteiger partial charge in [-0.3, -0.25) is 9.52 Å². The Morgan fingerprint density at radius 3 is 2.26 bits per heavy atom. The van der Waals surface area contributed by atoms with Crippen LogP contribution in [0.1, 0.15) is 18.3 Å². The van der Waals surface area contributed by atoms with E-state index < -0.39 is 10.0 Å². The molecule has 0 spiro atoms. The number of ether oxygens (including phenoxy) is 1. The third-order valence-electron chi connectivity index (χ3n) is 4.78. The molecule has 0 fully saturated rings. The summed E-state index contributed by atoms with van der Waals surface area (Å²) in [5.41, 5.74) is 1.42. The van der Waals surface area contributed by atoms with Gasteiger partial charge in [0, 0.05) is 36.8 Å². The molecular weight excluding hydrogens is 454 g/mol. The Kier molecular flexibility index (Phi) is 6.33. The van der Waals surface area contributed by atoms with Gasteiger partial charge in [-0.15, -0.1) is 0 Å². The largest absolute Gasteiger partial charge is 0.439 e. The smallest absolute Gasteiger partial charge is 0.262 e. The maximum atomic E-state index is 12.9. The summed E-state index contributed by atoms with van der Waals surface area (Å²) in [7, 11) is -3.82. The predicted octanol–water partition coefficient (Wildman–Crippen LogP) is 4.44. The van der Waals surface area contributed by atoms with Crippen molar-refractivity contribution in [3.05, 3.63) is 84.4 Å². The van der Waals surface area contributed by atoms with Crippen LogP contribution in [0.5, 0.6) is 11.6 Å². The molecule has 9 nitrogen and oxygen atoms in total. The van der Waals surface area contributed by atoms with Crippen LogP contribution in [-0.2, 0) is 14.8 Å². The van der Waals surface area contributed by atoms with Gasteiger partial charge in [0.1, 0.15) is 17.4 Å². The van der Waals surface area contributed by atoms with Crippen LogP contribution in [0.15, 0.2) is 78.0 Å². The topological polar surface area (TPSA) is 115 Å². The first kappa shape index (κ1) is 23.0. The van der Waals surface area contributed by atoms with Gasteiger partial charge in [0.25, 0.3) is 10.0 Å². The summed E-state index contributed by atoms with van der Waals surface area (Å²) in [4.78, 5) is 20.1. The Hall–Kier alpha value is -4.18. The molecule has 34 heavy (non-hydrogen) atoms. The predicted molar refractivity (Wildman–Crippen MR) is 129 cm³/mol. The summed E-state index contributed by atoms with van der Waals surface area (Å²) in [6.07, 6.45) is 3.75. The molecule has 0 atom stereocenters. The van der Waals surface area contributed by atoms with Crippen molar-refractivity contribution >= 4 is 27.3 Å². The van der Waals surface area contributed by atoms with Crippen LogP contribution in [-0.4, -0.2) is 28.9 Å². The second kappa shape index (κ2) is 9.36. The molecule has 0 bridgehead atoms. The van der Waals surface area contributed by atoms with E-state index in [0.717, 1.165) is 0 Å². The summed E-state index contributed by atoms with van der Waals surface area (Å²) < 4.78 is 36.0. The summed E-state index contributed by atoms with van der Waals surface area (Å²) in [5, 5.41) is 2.64. The van der Waals surface area contributed by atoms with Crippen molar-refractivity contribution < 1.29 is 17.9 Å². The number of aromatic nitrogens is 3. The molecular formula is C24H23N5O4S. The zero-order valence-electron chi connectivity index (χ0n) is 18.8. The van der Waals surface area contributed by atoms with Crippen LogP contribution < -0.4 is 14.8 Å². The number of sulfonamides is 1. The minimum Gasteiger partial charge on any atom is -0.439 e. The van der Waals surface area contributed by atoms with E-state index in [9.17, 15) is 13.2 Å². The molecule has 0 aliphatic rings. The van der Waals surface area contributed by atoms with Crippen LogP contribution in [0.3, 0.4) is 0 Å². The van der Waals surface area contributed by atoms with Gasteiger partial charge in [0.05, 0.1) is 4.90 Å². The number of nitrogens with one attached hydrogen (secondary N) is 2. The summed E-state index contributed by atoms with van der Waals surface area (Å²) in [5.74, 6) is 1.88. The first-order chi connectivity index (χ1) is 16.2. The molecule has 0 aliphatic carbocycles. The fourth-order valence-electron chi connectivity index (χ4n) is 3.35. The van der Waals surface area contributed by atoms with Crippen molar-refractivity contribution in [2.24, 2.45) is 0 Å². The number of carbonyl (C=O) groups excluding carboxylic acids is 1. The Morgan fingerprint density at radius 1 is 0.941 bits per heavy atom. The van der Waals surface area contributed by atoms with Crippen molar-refractivity contribution in [3.8, 4) is 17.4 Å². The second-order valence-electron chi connectivity index (χ2n) is 7.60. The lowest BCUT2D eigenvalue weighted by Crippen LogP contribution is -2.14.